The molecule has 4 aliphatic heterocycles. The highest BCUT2D eigenvalue weighted by molar-refractivity contribution is 5.78. The molecule has 4 nitrogen and oxygen atoms in total. The van der Waals surface area contributed by atoms with Gasteiger partial charge in [-0.15, -0.1) is 0 Å². The number of carbonyl (C=O) groups excluding carboxylic acids is 1. The van der Waals surface area contributed by atoms with Crippen molar-refractivity contribution in [1.82, 2.24) is 9.80 Å². The smallest absolute Gasteiger partial charge is 0.260 e. The molecule has 4 bridgehead atoms. The fraction of sp³-hybridized carbons (Fsp3) is 0.588. The lowest BCUT2D eigenvalue weighted by atomic mass is 9.84. The summed E-state index contributed by atoms with van der Waals surface area (Å²) in [6, 6.07) is 10.0. The molecular weight excluding hydrogens is 264 g/mol. The van der Waals surface area contributed by atoms with Crippen molar-refractivity contribution in [1.29, 1.82) is 0 Å². The summed E-state index contributed by atoms with van der Waals surface area (Å²) in [6.45, 7) is 4.57. The lowest BCUT2D eigenvalue weighted by Gasteiger charge is -2.41. The predicted octanol–water partition coefficient (Wildman–Crippen LogP) is 1.62. The number of ether oxygens (including phenoxy) is 1. The zero-order valence-corrected chi connectivity index (χ0v) is 12.3. The minimum atomic E-state index is 0.151. The van der Waals surface area contributed by atoms with Gasteiger partial charge in [-0.2, -0.15) is 0 Å². The molecule has 1 aromatic carbocycles. The molecule has 0 aromatic heterocycles. The SMILES string of the molecule is O=C(COc1ccccc1)N1CC2CC3CC1CN(C3)C2. The van der Waals surface area contributed by atoms with Crippen LogP contribution in [0.2, 0.25) is 0 Å². The summed E-state index contributed by atoms with van der Waals surface area (Å²) in [5, 5.41) is 0. The number of para-hydroxylation sites is 1. The predicted molar refractivity (Wildman–Crippen MR) is 80.1 cm³/mol. The third kappa shape index (κ3) is 2.64. The molecule has 4 fully saturated rings. The summed E-state index contributed by atoms with van der Waals surface area (Å²) in [7, 11) is 0. The minimum Gasteiger partial charge on any atom is -0.484 e. The Labute approximate surface area is 125 Å². The summed E-state index contributed by atoms with van der Waals surface area (Å²) >= 11 is 0. The van der Waals surface area contributed by atoms with E-state index in [-0.39, 0.29) is 12.5 Å². The van der Waals surface area contributed by atoms with Gasteiger partial charge in [0.2, 0.25) is 0 Å². The van der Waals surface area contributed by atoms with E-state index in [1.54, 1.807) is 0 Å². The molecule has 0 saturated carbocycles. The Morgan fingerprint density at radius 1 is 1.05 bits per heavy atom. The molecule has 112 valence electrons. The molecule has 4 unspecified atom stereocenters. The third-order valence-electron chi connectivity index (χ3n) is 5.10. The highest BCUT2D eigenvalue weighted by atomic mass is 16.5. The van der Waals surface area contributed by atoms with Crippen molar-refractivity contribution in [3.8, 4) is 5.75 Å². The van der Waals surface area contributed by atoms with Gasteiger partial charge in [0.05, 0.1) is 0 Å². The average Bonchev–Trinajstić information content (AvgIpc) is 2.70. The van der Waals surface area contributed by atoms with Crippen LogP contribution in [-0.2, 0) is 4.79 Å². The van der Waals surface area contributed by atoms with Crippen LogP contribution >= 0.6 is 0 Å². The largest absolute Gasteiger partial charge is 0.484 e. The number of benzene rings is 1. The number of amides is 1. The molecular formula is C17H22N2O2. The summed E-state index contributed by atoms with van der Waals surface area (Å²) in [5.74, 6) is 2.39. The van der Waals surface area contributed by atoms with Crippen molar-refractivity contribution in [2.75, 3.05) is 32.8 Å². The van der Waals surface area contributed by atoms with Gasteiger partial charge in [-0.25, -0.2) is 0 Å². The topological polar surface area (TPSA) is 32.8 Å². The number of hydrogen-bond acceptors (Lipinski definition) is 3. The van der Waals surface area contributed by atoms with Gasteiger partial charge in [0.1, 0.15) is 5.75 Å². The van der Waals surface area contributed by atoms with E-state index in [4.69, 9.17) is 4.74 Å². The summed E-state index contributed by atoms with van der Waals surface area (Å²) in [5.41, 5.74) is 0. The van der Waals surface area contributed by atoms with Crippen molar-refractivity contribution in [2.24, 2.45) is 11.8 Å². The number of carbonyl (C=O) groups is 1. The van der Waals surface area contributed by atoms with Crippen molar-refractivity contribution in [3.05, 3.63) is 30.3 Å². The first-order chi connectivity index (χ1) is 10.3. The molecule has 0 spiro atoms. The first-order valence-corrected chi connectivity index (χ1v) is 7.97. The van der Waals surface area contributed by atoms with Gasteiger partial charge < -0.3 is 14.5 Å². The quantitative estimate of drug-likeness (QED) is 0.846. The maximum atomic E-state index is 12.6. The second-order valence-electron chi connectivity index (χ2n) is 6.72. The molecule has 4 atom stereocenters. The molecule has 1 aromatic rings. The Bertz CT molecular complexity index is 505. The van der Waals surface area contributed by atoms with E-state index in [2.05, 4.69) is 9.80 Å². The average molecular weight is 286 g/mol. The van der Waals surface area contributed by atoms with Crippen LogP contribution in [0, 0.1) is 11.8 Å². The van der Waals surface area contributed by atoms with Crippen molar-refractivity contribution in [3.63, 3.8) is 0 Å². The van der Waals surface area contributed by atoms with E-state index in [0.29, 0.717) is 12.0 Å². The Morgan fingerprint density at radius 3 is 2.67 bits per heavy atom. The molecule has 1 amide bonds. The molecule has 4 saturated heterocycles. The van der Waals surface area contributed by atoms with Crippen LogP contribution in [0.15, 0.2) is 30.3 Å². The number of fused-ring (bicyclic) bond motifs is 1. The second kappa shape index (κ2) is 5.34. The fourth-order valence-electron chi connectivity index (χ4n) is 4.34. The van der Waals surface area contributed by atoms with Crippen molar-refractivity contribution < 1.29 is 9.53 Å². The highest BCUT2D eigenvalue weighted by Crippen LogP contribution is 2.36. The maximum Gasteiger partial charge on any atom is 0.260 e. The van der Waals surface area contributed by atoms with Crippen molar-refractivity contribution in [2.45, 2.75) is 18.9 Å². The van der Waals surface area contributed by atoms with Crippen LogP contribution in [0.4, 0.5) is 0 Å². The summed E-state index contributed by atoms with van der Waals surface area (Å²) in [4.78, 5) is 17.2. The van der Waals surface area contributed by atoms with Crippen LogP contribution in [0.3, 0.4) is 0 Å². The summed E-state index contributed by atoms with van der Waals surface area (Å²) < 4.78 is 5.64. The number of nitrogens with zero attached hydrogens (tertiary/aromatic N) is 2. The van der Waals surface area contributed by atoms with Gasteiger partial charge >= 0.3 is 0 Å². The van der Waals surface area contributed by atoms with E-state index in [1.165, 1.54) is 25.9 Å². The van der Waals surface area contributed by atoms with Gasteiger partial charge in [0.25, 0.3) is 5.91 Å². The second-order valence-corrected chi connectivity index (χ2v) is 6.72. The normalized spacial score (nSPS) is 33.8. The molecule has 0 N–H and O–H groups in total. The molecule has 0 aliphatic carbocycles. The Balaban J connectivity index is 1.42. The molecule has 4 aliphatic rings. The molecule has 4 heteroatoms. The van der Waals surface area contributed by atoms with E-state index in [9.17, 15) is 4.79 Å². The van der Waals surface area contributed by atoms with Crippen LogP contribution in [0.25, 0.3) is 0 Å². The maximum absolute atomic E-state index is 12.6. The van der Waals surface area contributed by atoms with Gasteiger partial charge in [0, 0.05) is 32.2 Å². The third-order valence-corrected chi connectivity index (χ3v) is 5.10. The first kappa shape index (κ1) is 13.1. The van der Waals surface area contributed by atoms with Gasteiger partial charge in [-0.05, 0) is 36.8 Å². The van der Waals surface area contributed by atoms with Crippen LogP contribution in [0.1, 0.15) is 12.8 Å². The van der Waals surface area contributed by atoms with Gasteiger partial charge in [-0.1, -0.05) is 18.2 Å². The number of rotatable bonds is 3. The minimum absolute atomic E-state index is 0.151. The Morgan fingerprint density at radius 2 is 1.86 bits per heavy atom. The monoisotopic (exact) mass is 286 g/mol. The molecule has 4 heterocycles. The lowest BCUT2D eigenvalue weighted by molar-refractivity contribution is -0.136. The highest BCUT2D eigenvalue weighted by Gasteiger charge is 2.43. The van der Waals surface area contributed by atoms with Crippen LogP contribution in [0.5, 0.6) is 5.75 Å². The van der Waals surface area contributed by atoms with Crippen LogP contribution < -0.4 is 4.74 Å². The zero-order valence-electron chi connectivity index (χ0n) is 12.3. The Hall–Kier alpha value is -1.55. The standard InChI is InChI=1S/C17H22N2O2/c20-17(12-21-16-4-2-1-3-5-16)19-10-14-6-13-7-15(19)11-18(8-13)9-14/h1-5,13-15H,6-12H2. The van der Waals surface area contributed by atoms with E-state index in [0.717, 1.165) is 24.8 Å². The molecule has 0 radical (unpaired) electrons. The van der Waals surface area contributed by atoms with E-state index < -0.39 is 0 Å². The molecule has 5 rings (SSSR count). The van der Waals surface area contributed by atoms with Gasteiger partial charge in [0.15, 0.2) is 6.61 Å². The van der Waals surface area contributed by atoms with Crippen molar-refractivity contribution >= 4 is 5.91 Å². The number of hydrogen-bond donors (Lipinski definition) is 0. The molecule has 21 heavy (non-hydrogen) atoms. The zero-order chi connectivity index (χ0) is 14.2. The van der Waals surface area contributed by atoms with E-state index >= 15 is 0 Å². The lowest BCUT2D eigenvalue weighted by Crippen LogP contribution is -2.51. The first-order valence-electron chi connectivity index (χ1n) is 7.97. The number of piperidine rings is 2. The van der Waals surface area contributed by atoms with Crippen LogP contribution in [-0.4, -0.2) is 54.5 Å². The summed E-state index contributed by atoms with van der Waals surface area (Å²) in [6.07, 6.45) is 2.49. The fourth-order valence-corrected chi connectivity index (χ4v) is 4.34. The van der Waals surface area contributed by atoms with E-state index in [1.807, 2.05) is 30.3 Å². The Kier molecular flexibility index (Phi) is 3.34. The van der Waals surface area contributed by atoms with Gasteiger partial charge in [-0.3, -0.25) is 4.79 Å².